The molecule has 1 fully saturated rings. The lowest BCUT2D eigenvalue weighted by Gasteiger charge is -2.32. The van der Waals surface area contributed by atoms with E-state index in [9.17, 15) is 4.79 Å². The first kappa shape index (κ1) is 19.9. The van der Waals surface area contributed by atoms with Crippen LogP contribution >= 0.6 is 0 Å². The third-order valence-corrected chi connectivity index (χ3v) is 5.33. The molecular weight excluding hydrogens is 384 g/mol. The summed E-state index contributed by atoms with van der Waals surface area (Å²) in [5.41, 5.74) is 1.70. The number of piperidine rings is 1. The van der Waals surface area contributed by atoms with Gasteiger partial charge in [0.1, 0.15) is 12.1 Å². The standard InChI is InChI=1S/C21H26N6O3/c1-3-30-17-5-4-15(12-18(17)29-2)13-22-21(28)16-8-10-26(11-9-16)20-7-6-19-24-23-14-27(19)25-20/h4-7,12,14,16H,3,8-11,13H2,1-2H3,(H,22,28). The molecule has 0 bridgehead atoms. The van der Waals surface area contributed by atoms with Gasteiger partial charge in [0.15, 0.2) is 17.1 Å². The fourth-order valence-corrected chi connectivity index (χ4v) is 3.69. The number of carbonyl (C=O) groups is 1. The van der Waals surface area contributed by atoms with Crippen LogP contribution in [0.4, 0.5) is 5.82 Å². The maximum absolute atomic E-state index is 12.7. The van der Waals surface area contributed by atoms with E-state index in [0.717, 1.165) is 43.0 Å². The highest BCUT2D eigenvalue weighted by molar-refractivity contribution is 5.79. The molecule has 0 aliphatic carbocycles. The highest BCUT2D eigenvalue weighted by Gasteiger charge is 2.25. The van der Waals surface area contributed by atoms with Gasteiger partial charge in [0, 0.05) is 25.6 Å². The lowest BCUT2D eigenvalue weighted by atomic mass is 9.96. The summed E-state index contributed by atoms with van der Waals surface area (Å²) in [5.74, 6) is 2.35. The molecule has 1 amide bonds. The zero-order valence-corrected chi connectivity index (χ0v) is 17.2. The van der Waals surface area contributed by atoms with Crippen LogP contribution in [-0.4, -0.2) is 52.5 Å². The molecule has 1 N–H and O–H groups in total. The maximum Gasteiger partial charge on any atom is 0.223 e. The predicted molar refractivity (Wildman–Crippen MR) is 112 cm³/mol. The van der Waals surface area contributed by atoms with Crippen LogP contribution in [0.1, 0.15) is 25.3 Å². The minimum atomic E-state index is 0.00415. The first-order valence-corrected chi connectivity index (χ1v) is 10.2. The zero-order chi connectivity index (χ0) is 20.9. The molecule has 0 saturated carbocycles. The summed E-state index contributed by atoms with van der Waals surface area (Å²) < 4.78 is 12.6. The molecule has 0 spiro atoms. The predicted octanol–water partition coefficient (Wildman–Crippen LogP) is 2.06. The first-order chi connectivity index (χ1) is 14.7. The molecule has 3 aromatic rings. The minimum absolute atomic E-state index is 0.00415. The number of ether oxygens (including phenoxy) is 2. The number of nitrogens with one attached hydrogen (secondary N) is 1. The van der Waals surface area contributed by atoms with E-state index in [1.54, 1.807) is 18.0 Å². The molecule has 30 heavy (non-hydrogen) atoms. The summed E-state index contributed by atoms with van der Waals surface area (Å²) in [6.07, 6.45) is 3.18. The Hall–Kier alpha value is -3.36. The molecule has 2 aromatic heterocycles. The van der Waals surface area contributed by atoms with Gasteiger partial charge in [0.2, 0.25) is 5.91 Å². The van der Waals surface area contributed by atoms with E-state index < -0.39 is 0 Å². The van der Waals surface area contributed by atoms with Crippen LogP contribution in [0.15, 0.2) is 36.7 Å². The normalized spacial score (nSPS) is 14.7. The molecule has 158 valence electrons. The quantitative estimate of drug-likeness (QED) is 0.637. The van der Waals surface area contributed by atoms with Gasteiger partial charge >= 0.3 is 0 Å². The summed E-state index contributed by atoms with van der Waals surface area (Å²) >= 11 is 0. The second-order valence-corrected chi connectivity index (χ2v) is 7.22. The molecule has 1 saturated heterocycles. The van der Waals surface area contributed by atoms with Crippen LogP contribution in [0.25, 0.3) is 5.65 Å². The Morgan fingerprint density at radius 3 is 2.80 bits per heavy atom. The van der Waals surface area contributed by atoms with E-state index in [1.165, 1.54) is 0 Å². The Morgan fingerprint density at radius 2 is 2.03 bits per heavy atom. The van der Waals surface area contributed by atoms with Crippen molar-refractivity contribution in [2.75, 3.05) is 31.7 Å². The van der Waals surface area contributed by atoms with Gasteiger partial charge in [0.25, 0.3) is 0 Å². The number of carbonyl (C=O) groups excluding carboxylic acids is 1. The van der Waals surface area contributed by atoms with Crippen LogP contribution in [0, 0.1) is 5.92 Å². The van der Waals surface area contributed by atoms with Crippen molar-refractivity contribution in [3.8, 4) is 11.5 Å². The van der Waals surface area contributed by atoms with Crippen molar-refractivity contribution in [3.63, 3.8) is 0 Å². The van der Waals surface area contributed by atoms with Gasteiger partial charge in [0.05, 0.1) is 13.7 Å². The fourth-order valence-electron chi connectivity index (χ4n) is 3.69. The van der Waals surface area contributed by atoms with Gasteiger partial charge in [-0.2, -0.15) is 4.52 Å². The topological polar surface area (TPSA) is 93.9 Å². The van der Waals surface area contributed by atoms with E-state index in [1.807, 2.05) is 37.3 Å². The van der Waals surface area contributed by atoms with Gasteiger partial charge in [-0.25, -0.2) is 0 Å². The van der Waals surface area contributed by atoms with Crippen molar-refractivity contribution in [3.05, 3.63) is 42.2 Å². The lowest BCUT2D eigenvalue weighted by molar-refractivity contribution is -0.125. The number of methoxy groups -OCH3 is 1. The third kappa shape index (κ3) is 4.29. The first-order valence-electron chi connectivity index (χ1n) is 10.2. The van der Waals surface area contributed by atoms with E-state index in [0.29, 0.717) is 24.7 Å². The number of benzene rings is 1. The Labute approximate surface area is 175 Å². The highest BCUT2D eigenvalue weighted by atomic mass is 16.5. The maximum atomic E-state index is 12.7. The average Bonchev–Trinajstić information content (AvgIpc) is 3.26. The molecule has 9 heteroatoms. The SMILES string of the molecule is CCOc1ccc(CNC(=O)C2CCN(c3ccc4nncn4n3)CC2)cc1OC. The van der Waals surface area contributed by atoms with Crippen molar-refractivity contribution in [2.24, 2.45) is 5.92 Å². The molecule has 1 aliphatic rings. The number of fused-ring (bicyclic) bond motifs is 1. The second kappa shape index (κ2) is 8.98. The molecule has 9 nitrogen and oxygen atoms in total. The minimum Gasteiger partial charge on any atom is -0.493 e. The van der Waals surface area contributed by atoms with Crippen LogP contribution in [0.2, 0.25) is 0 Å². The van der Waals surface area contributed by atoms with Gasteiger partial charge < -0.3 is 19.7 Å². The van der Waals surface area contributed by atoms with Gasteiger partial charge in [-0.1, -0.05) is 6.07 Å². The van der Waals surface area contributed by atoms with Gasteiger partial charge in [-0.05, 0) is 49.6 Å². The van der Waals surface area contributed by atoms with Crippen LogP contribution in [-0.2, 0) is 11.3 Å². The van der Waals surface area contributed by atoms with Crippen molar-refractivity contribution >= 4 is 17.4 Å². The highest BCUT2D eigenvalue weighted by Crippen LogP contribution is 2.28. The Bertz CT molecular complexity index is 1010. The summed E-state index contributed by atoms with van der Waals surface area (Å²) in [7, 11) is 1.62. The number of hydrogen-bond donors (Lipinski definition) is 1. The largest absolute Gasteiger partial charge is 0.493 e. The zero-order valence-electron chi connectivity index (χ0n) is 17.2. The molecule has 1 aliphatic heterocycles. The monoisotopic (exact) mass is 410 g/mol. The molecule has 0 atom stereocenters. The summed E-state index contributed by atoms with van der Waals surface area (Å²) in [6, 6.07) is 9.58. The van der Waals surface area contributed by atoms with Crippen molar-refractivity contribution < 1.29 is 14.3 Å². The average molecular weight is 410 g/mol. The molecule has 0 radical (unpaired) electrons. The number of rotatable bonds is 7. The van der Waals surface area contributed by atoms with Gasteiger partial charge in [-0.15, -0.1) is 15.3 Å². The third-order valence-electron chi connectivity index (χ3n) is 5.33. The number of aromatic nitrogens is 4. The van der Waals surface area contributed by atoms with E-state index in [2.05, 4.69) is 25.5 Å². The van der Waals surface area contributed by atoms with Crippen LogP contribution in [0.5, 0.6) is 11.5 Å². The van der Waals surface area contributed by atoms with Crippen LogP contribution < -0.4 is 19.7 Å². The lowest BCUT2D eigenvalue weighted by Crippen LogP contribution is -2.40. The molecule has 3 heterocycles. The summed E-state index contributed by atoms with van der Waals surface area (Å²) in [4.78, 5) is 14.9. The van der Waals surface area contributed by atoms with E-state index >= 15 is 0 Å². The number of anilines is 1. The smallest absolute Gasteiger partial charge is 0.223 e. The van der Waals surface area contributed by atoms with Crippen molar-refractivity contribution in [1.82, 2.24) is 25.1 Å². The Kier molecular flexibility index (Phi) is 5.97. The Balaban J connectivity index is 1.30. The van der Waals surface area contributed by atoms with Crippen molar-refractivity contribution in [2.45, 2.75) is 26.3 Å². The number of hydrogen-bond acceptors (Lipinski definition) is 7. The molecule has 4 rings (SSSR count). The van der Waals surface area contributed by atoms with Crippen molar-refractivity contribution in [1.29, 1.82) is 0 Å². The Morgan fingerprint density at radius 1 is 1.20 bits per heavy atom. The van der Waals surface area contributed by atoms with Crippen LogP contribution in [0.3, 0.4) is 0 Å². The summed E-state index contributed by atoms with van der Waals surface area (Å²) in [6.45, 7) is 4.55. The fraction of sp³-hybridized carbons (Fsp3) is 0.429. The molecule has 1 aromatic carbocycles. The number of amides is 1. The van der Waals surface area contributed by atoms with Gasteiger partial charge in [-0.3, -0.25) is 4.79 Å². The molecular formula is C21H26N6O3. The van der Waals surface area contributed by atoms with E-state index in [-0.39, 0.29) is 11.8 Å². The number of nitrogens with zero attached hydrogens (tertiary/aromatic N) is 5. The molecule has 0 unspecified atom stereocenters. The van der Waals surface area contributed by atoms with E-state index in [4.69, 9.17) is 9.47 Å². The second-order valence-electron chi connectivity index (χ2n) is 7.22. The summed E-state index contributed by atoms with van der Waals surface area (Å²) in [5, 5.41) is 15.4.